The second-order valence-electron chi connectivity index (χ2n) is 4.62. The molecule has 0 fully saturated rings. The van der Waals surface area contributed by atoms with E-state index in [1.165, 1.54) is 0 Å². The molecular formula is C15H24N2O3. The van der Waals surface area contributed by atoms with Crippen LogP contribution in [0.4, 0.5) is 0 Å². The van der Waals surface area contributed by atoms with Crippen LogP contribution in [0.5, 0.6) is 11.5 Å². The molecule has 0 aliphatic carbocycles. The molecule has 1 atom stereocenters. The van der Waals surface area contributed by atoms with Crippen LogP contribution in [-0.4, -0.2) is 33.2 Å². The fourth-order valence-corrected chi connectivity index (χ4v) is 1.81. The second kappa shape index (κ2) is 8.43. The van der Waals surface area contributed by atoms with E-state index in [0.29, 0.717) is 24.6 Å². The Bertz CT molecular complexity index is 435. The van der Waals surface area contributed by atoms with Crippen LogP contribution in [0.15, 0.2) is 18.2 Å². The number of carbonyl (C=O) groups excluding carboxylic acids is 1. The van der Waals surface area contributed by atoms with Gasteiger partial charge >= 0.3 is 0 Å². The van der Waals surface area contributed by atoms with E-state index in [-0.39, 0.29) is 11.8 Å². The van der Waals surface area contributed by atoms with Crippen molar-refractivity contribution in [1.82, 2.24) is 10.6 Å². The van der Waals surface area contributed by atoms with Gasteiger partial charge in [0.2, 0.25) is 5.91 Å². The van der Waals surface area contributed by atoms with E-state index < -0.39 is 0 Å². The van der Waals surface area contributed by atoms with Gasteiger partial charge in [-0.25, -0.2) is 0 Å². The Hall–Kier alpha value is -1.75. The number of hydrogen-bond donors (Lipinski definition) is 2. The number of methoxy groups -OCH3 is 2. The first kappa shape index (κ1) is 16.3. The molecule has 0 saturated heterocycles. The van der Waals surface area contributed by atoms with Gasteiger partial charge in [0.05, 0.1) is 14.2 Å². The molecule has 0 spiro atoms. The lowest BCUT2D eigenvalue weighted by Crippen LogP contribution is -2.34. The van der Waals surface area contributed by atoms with Crippen molar-refractivity contribution in [2.75, 3.05) is 27.3 Å². The summed E-state index contributed by atoms with van der Waals surface area (Å²) in [5, 5.41) is 6.08. The summed E-state index contributed by atoms with van der Waals surface area (Å²) in [5.41, 5.74) is 0.978. The monoisotopic (exact) mass is 280 g/mol. The van der Waals surface area contributed by atoms with Gasteiger partial charge in [-0.05, 0) is 24.2 Å². The molecule has 1 aromatic rings. The van der Waals surface area contributed by atoms with Crippen molar-refractivity contribution in [3.63, 3.8) is 0 Å². The molecule has 1 rings (SSSR count). The zero-order chi connectivity index (χ0) is 15.0. The van der Waals surface area contributed by atoms with E-state index in [1.54, 1.807) is 14.2 Å². The first-order chi connectivity index (χ1) is 9.62. The van der Waals surface area contributed by atoms with Gasteiger partial charge in [0.25, 0.3) is 0 Å². The van der Waals surface area contributed by atoms with Crippen LogP contribution in [0.2, 0.25) is 0 Å². The van der Waals surface area contributed by atoms with Gasteiger partial charge in [-0.15, -0.1) is 0 Å². The smallest absolute Gasteiger partial charge is 0.224 e. The van der Waals surface area contributed by atoms with Crippen LogP contribution >= 0.6 is 0 Å². The number of nitrogens with one attached hydrogen (secondary N) is 2. The van der Waals surface area contributed by atoms with Crippen molar-refractivity contribution in [1.29, 1.82) is 0 Å². The number of amides is 1. The lowest BCUT2D eigenvalue weighted by atomic mass is 10.1. The largest absolute Gasteiger partial charge is 0.493 e. The lowest BCUT2D eigenvalue weighted by molar-refractivity contribution is -0.124. The molecule has 1 unspecified atom stereocenters. The zero-order valence-electron chi connectivity index (χ0n) is 12.7. The minimum Gasteiger partial charge on any atom is -0.493 e. The topological polar surface area (TPSA) is 59.6 Å². The molecule has 20 heavy (non-hydrogen) atoms. The normalized spacial score (nSPS) is 11.8. The average Bonchev–Trinajstić information content (AvgIpc) is 2.49. The van der Waals surface area contributed by atoms with Crippen LogP contribution in [0.1, 0.15) is 19.4 Å². The molecule has 0 aliphatic rings. The Balaban J connectivity index is 2.55. The van der Waals surface area contributed by atoms with Gasteiger partial charge in [0.15, 0.2) is 11.5 Å². The molecule has 2 N–H and O–H groups in total. The zero-order valence-corrected chi connectivity index (χ0v) is 12.7. The molecule has 1 amide bonds. The van der Waals surface area contributed by atoms with E-state index in [2.05, 4.69) is 10.6 Å². The Morgan fingerprint density at radius 3 is 2.55 bits per heavy atom. The first-order valence-corrected chi connectivity index (χ1v) is 6.81. The Labute approximate surface area is 120 Å². The van der Waals surface area contributed by atoms with Crippen molar-refractivity contribution in [2.24, 2.45) is 5.92 Å². The standard InChI is InChI=1S/C15H24N2O3/c1-5-16-9-11(2)15(18)17-10-12-6-7-13(19-3)14(8-12)20-4/h6-8,11,16H,5,9-10H2,1-4H3,(H,17,18). The summed E-state index contributed by atoms with van der Waals surface area (Å²) in [5.74, 6) is 1.35. The quantitative estimate of drug-likeness (QED) is 0.759. The summed E-state index contributed by atoms with van der Waals surface area (Å²) in [7, 11) is 3.19. The molecule has 5 heteroatoms. The number of ether oxygens (including phenoxy) is 2. The van der Waals surface area contributed by atoms with E-state index in [9.17, 15) is 4.79 Å². The number of hydrogen-bond acceptors (Lipinski definition) is 4. The minimum absolute atomic E-state index is 0.0423. The number of carbonyl (C=O) groups is 1. The molecule has 0 aliphatic heterocycles. The molecule has 112 valence electrons. The maximum Gasteiger partial charge on any atom is 0.224 e. The summed E-state index contributed by atoms with van der Waals surface area (Å²) in [6, 6.07) is 5.62. The Morgan fingerprint density at radius 1 is 1.25 bits per heavy atom. The summed E-state index contributed by atoms with van der Waals surface area (Å²) in [6.07, 6.45) is 0. The van der Waals surface area contributed by atoms with E-state index in [4.69, 9.17) is 9.47 Å². The summed E-state index contributed by atoms with van der Waals surface area (Å²) in [6.45, 7) is 5.97. The minimum atomic E-state index is -0.0462. The molecule has 1 aromatic carbocycles. The second-order valence-corrected chi connectivity index (χ2v) is 4.62. The molecule has 0 bridgehead atoms. The third-order valence-corrected chi connectivity index (χ3v) is 3.06. The van der Waals surface area contributed by atoms with Crippen molar-refractivity contribution in [2.45, 2.75) is 20.4 Å². The number of benzene rings is 1. The van der Waals surface area contributed by atoms with Gasteiger partial charge in [-0.3, -0.25) is 4.79 Å². The van der Waals surface area contributed by atoms with Gasteiger partial charge < -0.3 is 20.1 Å². The maximum absolute atomic E-state index is 11.9. The predicted molar refractivity (Wildman–Crippen MR) is 79.1 cm³/mol. The highest BCUT2D eigenvalue weighted by molar-refractivity contribution is 5.78. The van der Waals surface area contributed by atoms with Gasteiger partial charge in [0, 0.05) is 19.0 Å². The molecule has 0 radical (unpaired) electrons. The summed E-state index contributed by atoms with van der Waals surface area (Å²) >= 11 is 0. The molecule has 0 aromatic heterocycles. The van der Waals surface area contributed by atoms with Crippen molar-refractivity contribution < 1.29 is 14.3 Å². The van der Waals surface area contributed by atoms with Crippen LogP contribution in [-0.2, 0) is 11.3 Å². The van der Waals surface area contributed by atoms with E-state index in [0.717, 1.165) is 12.1 Å². The average molecular weight is 280 g/mol. The highest BCUT2D eigenvalue weighted by Gasteiger charge is 2.12. The van der Waals surface area contributed by atoms with Crippen LogP contribution < -0.4 is 20.1 Å². The first-order valence-electron chi connectivity index (χ1n) is 6.81. The highest BCUT2D eigenvalue weighted by Crippen LogP contribution is 2.27. The third kappa shape index (κ3) is 4.74. The van der Waals surface area contributed by atoms with Crippen molar-refractivity contribution >= 4 is 5.91 Å². The highest BCUT2D eigenvalue weighted by atomic mass is 16.5. The van der Waals surface area contributed by atoms with Gasteiger partial charge in [-0.1, -0.05) is 19.9 Å². The van der Waals surface area contributed by atoms with E-state index >= 15 is 0 Å². The lowest BCUT2D eigenvalue weighted by Gasteiger charge is -2.13. The van der Waals surface area contributed by atoms with Crippen LogP contribution in [0.3, 0.4) is 0 Å². The van der Waals surface area contributed by atoms with Crippen molar-refractivity contribution in [3.8, 4) is 11.5 Å². The molecular weight excluding hydrogens is 256 g/mol. The third-order valence-electron chi connectivity index (χ3n) is 3.06. The predicted octanol–water partition coefficient (Wildman–Crippen LogP) is 1.57. The molecule has 5 nitrogen and oxygen atoms in total. The van der Waals surface area contributed by atoms with Crippen molar-refractivity contribution in [3.05, 3.63) is 23.8 Å². The van der Waals surface area contributed by atoms with Gasteiger partial charge in [0.1, 0.15) is 0 Å². The van der Waals surface area contributed by atoms with Crippen LogP contribution in [0, 0.1) is 5.92 Å². The Kier molecular flexibility index (Phi) is 6.87. The number of rotatable bonds is 8. The maximum atomic E-state index is 11.9. The fourth-order valence-electron chi connectivity index (χ4n) is 1.81. The van der Waals surface area contributed by atoms with Gasteiger partial charge in [-0.2, -0.15) is 0 Å². The van der Waals surface area contributed by atoms with Crippen LogP contribution in [0.25, 0.3) is 0 Å². The summed E-state index contributed by atoms with van der Waals surface area (Å²) in [4.78, 5) is 11.9. The van der Waals surface area contributed by atoms with E-state index in [1.807, 2.05) is 32.0 Å². The summed E-state index contributed by atoms with van der Waals surface area (Å²) < 4.78 is 10.4. The molecule has 0 heterocycles. The molecule has 0 saturated carbocycles. The SMILES string of the molecule is CCNCC(C)C(=O)NCc1ccc(OC)c(OC)c1. The Morgan fingerprint density at radius 2 is 1.95 bits per heavy atom. The fraction of sp³-hybridized carbons (Fsp3) is 0.533.